The van der Waals surface area contributed by atoms with Gasteiger partial charge in [0.2, 0.25) is 5.91 Å². The first-order valence-corrected chi connectivity index (χ1v) is 20.6. The standard InChI is InChI=1S/C44H55FN4O6/c1-43-16-14-30(50)26-29(43)9-10-33-35-11-13-39(44(35,2)17-15-36(33)43)55-23-5-22-54-27-40(51)48-18-20-49(21-19-48)42(53)34-24-28(8-12-37(34)45)25-38-31-6-3-4-7-32(31)41(52)47-46-38/h3-4,6-8,12,24,29,33,35-36,39H,5,9-11,13-23,25-27H2,1-2H3,(H,47,52)/t29-,33-,35-,36-,39-,43-,44-/m0/s1. The SMILES string of the molecule is C[C@]12CCC(=O)C[C@@H]1CC[C@@H]1[C@@H]2CC[C@]2(C)[C@@H](OCCCOCC(=O)N3CCN(C(=O)c4cc(Cc5n[nH]c(=O)c6ccccc56)ccc4F)CC3)CC[C@@H]12. The molecule has 1 N–H and O–H groups in total. The van der Waals surface area contributed by atoms with Crippen molar-refractivity contribution < 1.29 is 28.2 Å². The Morgan fingerprint density at radius 3 is 2.47 bits per heavy atom. The van der Waals surface area contributed by atoms with E-state index in [4.69, 9.17) is 9.47 Å². The van der Waals surface area contributed by atoms with Gasteiger partial charge in [-0.3, -0.25) is 19.2 Å². The van der Waals surface area contributed by atoms with Crippen molar-refractivity contribution in [3.8, 4) is 0 Å². The molecule has 0 radical (unpaired) electrons. The van der Waals surface area contributed by atoms with Gasteiger partial charge < -0.3 is 19.3 Å². The maximum Gasteiger partial charge on any atom is 0.272 e. The van der Waals surface area contributed by atoms with Gasteiger partial charge in [0.25, 0.3) is 11.5 Å². The number of H-pyrrole nitrogens is 1. The molecule has 8 rings (SSSR count). The van der Waals surface area contributed by atoms with Gasteiger partial charge in [0, 0.05) is 64.0 Å². The summed E-state index contributed by atoms with van der Waals surface area (Å²) < 4.78 is 27.3. The number of fused-ring (bicyclic) bond motifs is 6. The zero-order valence-corrected chi connectivity index (χ0v) is 32.3. The summed E-state index contributed by atoms with van der Waals surface area (Å²) in [6, 6.07) is 11.6. The summed E-state index contributed by atoms with van der Waals surface area (Å²) in [7, 11) is 0. The Morgan fingerprint density at radius 1 is 0.891 bits per heavy atom. The zero-order chi connectivity index (χ0) is 38.3. The normalized spacial score (nSPS) is 30.5. The van der Waals surface area contributed by atoms with E-state index in [0.29, 0.717) is 90.9 Å². The Bertz CT molecular complexity index is 1990. The topological polar surface area (TPSA) is 122 Å². The van der Waals surface area contributed by atoms with Gasteiger partial charge in [0.15, 0.2) is 0 Å². The summed E-state index contributed by atoms with van der Waals surface area (Å²) in [6.45, 7) is 7.33. The first-order chi connectivity index (χ1) is 26.5. The summed E-state index contributed by atoms with van der Waals surface area (Å²) in [5.41, 5.74) is 1.57. The average Bonchev–Trinajstić information content (AvgIpc) is 3.54. The third-order valence-corrected chi connectivity index (χ3v) is 14.7. The van der Waals surface area contributed by atoms with Gasteiger partial charge in [-0.2, -0.15) is 5.10 Å². The molecule has 1 aliphatic heterocycles. The number of aromatic amines is 1. The van der Waals surface area contributed by atoms with Crippen molar-refractivity contribution >= 4 is 28.4 Å². The molecular weight excluding hydrogens is 700 g/mol. The molecule has 1 saturated heterocycles. The summed E-state index contributed by atoms with van der Waals surface area (Å²) >= 11 is 0. The van der Waals surface area contributed by atoms with Crippen LogP contribution < -0.4 is 5.56 Å². The second kappa shape index (κ2) is 15.5. The second-order valence-corrected chi connectivity index (χ2v) is 17.5. The predicted octanol–water partition coefficient (Wildman–Crippen LogP) is 6.34. The molecule has 2 aromatic carbocycles. The number of rotatable bonds is 10. The Labute approximate surface area is 322 Å². The number of benzene rings is 2. The fourth-order valence-corrected chi connectivity index (χ4v) is 11.6. The van der Waals surface area contributed by atoms with Crippen molar-refractivity contribution in [1.82, 2.24) is 20.0 Å². The van der Waals surface area contributed by atoms with Crippen LogP contribution in [0.2, 0.25) is 0 Å². The van der Waals surface area contributed by atoms with Gasteiger partial charge in [0.05, 0.1) is 22.7 Å². The monoisotopic (exact) mass is 754 g/mol. The molecule has 2 amide bonds. The highest BCUT2D eigenvalue weighted by atomic mass is 19.1. The van der Waals surface area contributed by atoms with Crippen LogP contribution in [-0.2, 0) is 25.5 Å². The number of Topliss-reactive ketones (excluding diaryl/α,β-unsaturated/α-hetero) is 1. The molecular formula is C44H55FN4O6. The molecule has 0 unspecified atom stereocenters. The Hall–Kier alpha value is -3.96. The van der Waals surface area contributed by atoms with E-state index >= 15 is 0 Å². The molecule has 55 heavy (non-hydrogen) atoms. The first kappa shape index (κ1) is 37.9. The maximum atomic E-state index is 15.0. The molecule has 5 aliphatic rings. The van der Waals surface area contributed by atoms with Crippen molar-refractivity contribution in [2.45, 2.75) is 90.6 Å². The number of hydrogen-bond acceptors (Lipinski definition) is 7. The third kappa shape index (κ3) is 7.27. The average molecular weight is 755 g/mol. The number of nitrogens with zero attached hydrogens (tertiary/aromatic N) is 3. The highest BCUT2D eigenvalue weighted by Crippen LogP contribution is 2.66. The van der Waals surface area contributed by atoms with Crippen LogP contribution in [0.3, 0.4) is 0 Å². The van der Waals surface area contributed by atoms with Crippen molar-refractivity contribution in [1.29, 1.82) is 0 Å². The van der Waals surface area contributed by atoms with Gasteiger partial charge in [-0.1, -0.05) is 38.1 Å². The molecule has 294 valence electrons. The summed E-state index contributed by atoms with van der Waals surface area (Å²) in [4.78, 5) is 54.1. The minimum absolute atomic E-state index is 0.0181. The van der Waals surface area contributed by atoms with Crippen LogP contribution in [0.5, 0.6) is 0 Å². The molecule has 4 aliphatic carbocycles. The summed E-state index contributed by atoms with van der Waals surface area (Å²) in [5.74, 6) is 2.12. The predicted molar refractivity (Wildman–Crippen MR) is 206 cm³/mol. The number of ether oxygens (including phenoxy) is 2. The number of ketones is 1. The van der Waals surface area contributed by atoms with E-state index in [1.165, 1.54) is 38.2 Å². The van der Waals surface area contributed by atoms with Crippen LogP contribution in [0, 0.1) is 40.3 Å². The van der Waals surface area contributed by atoms with Gasteiger partial charge >= 0.3 is 0 Å². The molecule has 1 aromatic heterocycles. The van der Waals surface area contributed by atoms with Gasteiger partial charge in [-0.15, -0.1) is 0 Å². The van der Waals surface area contributed by atoms with Crippen LogP contribution in [-0.4, -0.2) is 89.7 Å². The van der Waals surface area contributed by atoms with Gasteiger partial charge in [0.1, 0.15) is 18.2 Å². The molecule has 7 atom stereocenters. The number of nitrogens with one attached hydrogen (secondary N) is 1. The number of piperazine rings is 1. The lowest BCUT2D eigenvalue weighted by atomic mass is 9.45. The lowest BCUT2D eigenvalue weighted by Crippen LogP contribution is -2.54. The largest absolute Gasteiger partial charge is 0.378 e. The molecule has 10 nitrogen and oxygen atoms in total. The lowest BCUT2D eigenvalue weighted by molar-refractivity contribution is -0.145. The van der Waals surface area contributed by atoms with E-state index in [1.54, 1.807) is 34.1 Å². The van der Waals surface area contributed by atoms with E-state index in [2.05, 4.69) is 24.0 Å². The van der Waals surface area contributed by atoms with Crippen molar-refractivity contribution in [2.75, 3.05) is 46.0 Å². The van der Waals surface area contributed by atoms with Crippen LogP contribution in [0.15, 0.2) is 47.3 Å². The van der Waals surface area contributed by atoms with E-state index in [9.17, 15) is 23.6 Å². The number of aromatic nitrogens is 2. The molecule has 11 heteroatoms. The van der Waals surface area contributed by atoms with E-state index in [-0.39, 0.29) is 35.2 Å². The molecule has 0 bridgehead atoms. The van der Waals surface area contributed by atoms with Crippen molar-refractivity contribution in [3.63, 3.8) is 0 Å². The maximum absolute atomic E-state index is 15.0. The van der Waals surface area contributed by atoms with Crippen LogP contribution in [0.1, 0.15) is 99.7 Å². The molecule has 3 aromatic rings. The molecule has 2 heterocycles. The third-order valence-electron chi connectivity index (χ3n) is 14.7. The smallest absolute Gasteiger partial charge is 0.272 e. The molecule has 5 fully saturated rings. The number of halogens is 1. The fourth-order valence-electron chi connectivity index (χ4n) is 11.6. The van der Waals surface area contributed by atoms with Crippen LogP contribution >= 0.6 is 0 Å². The minimum Gasteiger partial charge on any atom is -0.378 e. The number of carbonyl (C=O) groups excluding carboxylic acids is 3. The highest BCUT2D eigenvalue weighted by molar-refractivity contribution is 5.95. The lowest BCUT2D eigenvalue weighted by Gasteiger charge is -2.60. The van der Waals surface area contributed by atoms with Crippen molar-refractivity contribution in [2.24, 2.45) is 34.5 Å². The van der Waals surface area contributed by atoms with Gasteiger partial charge in [-0.25, -0.2) is 9.49 Å². The fraction of sp³-hybridized carbons (Fsp3) is 0.614. The summed E-state index contributed by atoms with van der Waals surface area (Å²) in [6.07, 6.45) is 11.2. The van der Waals surface area contributed by atoms with E-state index < -0.39 is 11.7 Å². The second-order valence-electron chi connectivity index (χ2n) is 17.5. The number of carbonyl (C=O) groups is 3. The van der Waals surface area contributed by atoms with E-state index in [1.807, 2.05) is 12.1 Å². The minimum atomic E-state index is -0.603. The Kier molecular flexibility index (Phi) is 10.7. The molecule has 4 saturated carbocycles. The summed E-state index contributed by atoms with van der Waals surface area (Å²) in [5, 5.41) is 7.98. The quantitative estimate of drug-likeness (QED) is 0.240. The Morgan fingerprint density at radius 2 is 1.65 bits per heavy atom. The highest BCUT2D eigenvalue weighted by Gasteiger charge is 2.60. The zero-order valence-electron chi connectivity index (χ0n) is 32.3. The van der Waals surface area contributed by atoms with Gasteiger partial charge in [-0.05, 0) is 110 Å². The van der Waals surface area contributed by atoms with Crippen LogP contribution in [0.25, 0.3) is 10.8 Å². The van der Waals surface area contributed by atoms with Crippen molar-refractivity contribution in [3.05, 3.63) is 75.5 Å². The first-order valence-electron chi connectivity index (χ1n) is 20.6. The number of hydrogen-bond donors (Lipinski definition) is 1. The Balaban J connectivity index is 0.761. The molecule has 0 spiro atoms. The van der Waals surface area contributed by atoms with Crippen LogP contribution in [0.4, 0.5) is 4.39 Å². The number of amides is 2. The van der Waals surface area contributed by atoms with E-state index in [0.717, 1.165) is 43.9 Å².